The van der Waals surface area contributed by atoms with E-state index in [2.05, 4.69) is 21.2 Å². The zero-order valence-electron chi connectivity index (χ0n) is 16.3. The predicted molar refractivity (Wildman–Crippen MR) is 106 cm³/mol. The number of hydrogen-bond acceptors (Lipinski definition) is 5. The second-order valence-electron chi connectivity index (χ2n) is 8.20. The van der Waals surface area contributed by atoms with Gasteiger partial charge in [0, 0.05) is 30.0 Å². The van der Waals surface area contributed by atoms with Crippen LogP contribution in [0.15, 0.2) is 35.0 Å². The Kier molecular flexibility index (Phi) is 4.51. The average Bonchev–Trinajstić information content (AvgIpc) is 3.32. The van der Waals surface area contributed by atoms with Crippen molar-refractivity contribution in [1.82, 2.24) is 19.8 Å². The van der Waals surface area contributed by atoms with Crippen molar-refractivity contribution in [3.8, 4) is 0 Å². The molecule has 1 unspecified atom stereocenters. The Labute approximate surface area is 164 Å². The number of fused-ring (bicyclic) bond motifs is 2. The van der Waals surface area contributed by atoms with Gasteiger partial charge in [-0.3, -0.25) is 9.48 Å². The van der Waals surface area contributed by atoms with E-state index in [4.69, 9.17) is 4.52 Å². The fourth-order valence-electron chi connectivity index (χ4n) is 4.87. The second-order valence-corrected chi connectivity index (χ2v) is 8.20. The normalized spacial score (nSPS) is 21.3. The van der Waals surface area contributed by atoms with Gasteiger partial charge in [-0.2, -0.15) is 5.10 Å². The molecule has 6 heteroatoms. The Morgan fingerprint density at radius 1 is 1.18 bits per heavy atom. The van der Waals surface area contributed by atoms with Crippen LogP contribution in [0.1, 0.15) is 53.3 Å². The Morgan fingerprint density at radius 3 is 2.86 bits per heavy atom. The molecule has 1 aliphatic heterocycles. The highest BCUT2D eigenvalue weighted by molar-refractivity contribution is 5.99. The third kappa shape index (κ3) is 3.05. The van der Waals surface area contributed by atoms with E-state index in [9.17, 15) is 4.79 Å². The lowest BCUT2D eigenvalue weighted by molar-refractivity contribution is 0.0876. The van der Waals surface area contributed by atoms with Crippen molar-refractivity contribution < 1.29 is 9.32 Å². The summed E-state index contributed by atoms with van der Waals surface area (Å²) in [6, 6.07) is 8.12. The van der Waals surface area contributed by atoms with Gasteiger partial charge in [0.1, 0.15) is 0 Å². The van der Waals surface area contributed by atoms with Crippen molar-refractivity contribution in [3.63, 3.8) is 0 Å². The van der Waals surface area contributed by atoms with Crippen molar-refractivity contribution in [2.24, 2.45) is 13.0 Å². The van der Waals surface area contributed by atoms with Crippen LogP contribution in [0.5, 0.6) is 0 Å². The lowest BCUT2D eigenvalue weighted by Gasteiger charge is -2.32. The molecule has 1 aliphatic carbocycles. The summed E-state index contributed by atoms with van der Waals surface area (Å²) in [4.78, 5) is 15.2. The molecule has 28 heavy (non-hydrogen) atoms. The molecule has 5 rings (SSSR count). The molecule has 1 saturated heterocycles. The number of para-hydroxylation sites is 1. The molecule has 0 bridgehead atoms. The van der Waals surface area contributed by atoms with Crippen LogP contribution in [-0.2, 0) is 13.5 Å². The first kappa shape index (κ1) is 17.6. The van der Waals surface area contributed by atoms with Gasteiger partial charge in [-0.25, -0.2) is 0 Å². The molecule has 1 atom stereocenters. The quantitative estimate of drug-likeness (QED) is 0.694. The van der Waals surface area contributed by atoms with Crippen molar-refractivity contribution in [1.29, 1.82) is 0 Å². The maximum Gasteiger partial charge on any atom is 0.169 e. The molecule has 2 aliphatic rings. The fraction of sp³-hybridized carbons (Fsp3) is 0.500. The predicted octanol–water partition coefficient (Wildman–Crippen LogP) is 3.58. The van der Waals surface area contributed by atoms with Crippen LogP contribution in [0.3, 0.4) is 0 Å². The van der Waals surface area contributed by atoms with Crippen LogP contribution in [0, 0.1) is 5.92 Å². The highest BCUT2D eigenvalue weighted by Crippen LogP contribution is 2.33. The Balaban J connectivity index is 1.17. The molecule has 3 aromatic rings. The monoisotopic (exact) mass is 378 g/mol. The zero-order chi connectivity index (χ0) is 19.1. The van der Waals surface area contributed by atoms with E-state index < -0.39 is 0 Å². The molecule has 0 radical (unpaired) electrons. The number of Topliss-reactive ketones (excluding diaryl/α,β-unsaturated/α-hetero) is 1. The number of benzene rings is 1. The lowest BCUT2D eigenvalue weighted by atomic mass is 9.84. The molecule has 0 saturated carbocycles. The van der Waals surface area contributed by atoms with Crippen molar-refractivity contribution in [2.45, 2.75) is 38.0 Å². The minimum absolute atomic E-state index is 0.147. The van der Waals surface area contributed by atoms with Gasteiger partial charge in [0.05, 0.1) is 17.5 Å². The van der Waals surface area contributed by atoms with Gasteiger partial charge in [-0.05, 0) is 63.9 Å². The molecule has 0 N–H and O–H groups in total. The molecular weight excluding hydrogens is 352 g/mol. The van der Waals surface area contributed by atoms with Gasteiger partial charge in [0.25, 0.3) is 0 Å². The summed E-state index contributed by atoms with van der Waals surface area (Å²) in [7, 11) is 1.93. The first-order chi connectivity index (χ1) is 13.7. The zero-order valence-corrected chi connectivity index (χ0v) is 16.3. The van der Waals surface area contributed by atoms with Crippen molar-refractivity contribution in [2.75, 3.05) is 19.6 Å². The Morgan fingerprint density at radius 2 is 2.00 bits per heavy atom. The number of ketones is 1. The van der Waals surface area contributed by atoms with Crippen LogP contribution in [0.2, 0.25) is 0 Å². The highest BCUT2D eigenvalue weighted by atomic mass is 16.5. The van der Waals surface area contributed by atoms with E-state index >= 15 is 0 Å². The van der Waals surface area contributed by atoms with Gasteiger partial charge < -0.3 is 9.42 Å². The average molecular weight is 378 g/mol. The molecule has 0 amide bonds. The van der Waals surface area contributed by atoms with Crippen LogP contribution < -0.4 is 0 Å². The first-order valence-electron chi connectivity index (χ1n) is 10.3. The van der Waals surface area contributed by atoms with E-state index in [-0.39, 0.29) is 5.92 Å². The summed E-state index contributed by atoms with van der Waals surface area (Å²) < 4.78 is 7.34. The molecule has 3 heterocycles. The topological polar surface area (TPSA) is 64.2 Å². The van der Waals surface area contributed by atoms with E-state index in [1.54, 1.807) is 6.20 Å². The highest BCUT2D eigenvalue weighted by Gasteiger charge is 2.31. The molecule has 146 valence electrons. The van der Waals surface area contributed by atoms with Crippen LogP contribution in [0.4, 0.5) is 0 Å². The number of carbonyl (C=O) groups is 1. The number of hydrogen-bond donors (Lipinski definition) is 0. The van der Waals surface area contributed by atoms with E-state index in [1.165, 1.54) is 0 Å². The smallest absolute Gasteiger partial charge is 0.169 e. The molecule has 2 aromatic heterocycles. The Bertz CT molecular complexity index is 997. The summed E-state index contributed by atoms with van der Waals surface area (Å²) in [5.41, 5.74) is 3.93. The van der Waals surface area contributed by atoms with Gasteiger partial charge >= 0.3 is 0 Å². The maximum atomic E-state index is 12.7. The first-order valence-corrected chi connectivity index (χ1v) is 10.3. The Hall–Kier alpha value is -2.47. The number of rotatable bonds is 4. The van der Waals surface area contributed by atoms with Gasteiger partial charge in [0.15, 0.2) is 11.4 Å². The minimum Gasteiger partial charge on any atom is -0.356 e. The van der Waals surface area contributed by atoms with Crippen molar-refractivity contribution in [3.05, 3.63) is 47.4 Å². The maximum absolute atomic E-state index is 12.7. The fourth-order valence-corrected chi connectivity index (χ4v) is 4.87. The second kappa shape index (κ2) is 7.17. The number of nitrogens with zero attached hydrogens (tertiary/aromatic N) is 4. The number of carbonyl (C=O) groups excluding carboxylic acids is 1. The lowest BCUT2D eigenvalue weighted by Crippen LogP contribution is -2.36. The van der Waals surface area contributed by atoms with Gasteiger partial charge in [-0.1, -0.05) is 17.3 Å². The van der Waals surface area contributed by atoms with E-state index in [0.717, 1.165) is 79.7 Å². The molecule has 6 nitrogen and oxygen atoms in total. The number of aromatic nitrogens is 3. The standard InChI is InChI=1S/C22H26N4O2/c1-25-19-7-6-16(22(27)18(19)14-23-25)10-13-26-11-8-15(9-12-26)21-17-4-2-3-5-20(17)28-24-21/h2-5,14-16H,6-13H2,1H3. The summed E-state index contributed by atoms with van der Waals surface area (Å²) >= 11 is 0. The molecule has 0 spiro atoms. The van der Waals surface area contributed by atoms with Gasteiger partial charge in [-0.15, -0.1) is 0 Å². The van der Waals surface area contributed by atoms with E-state index in [0.29, 0.717) is 11.7 Å². The largest absolute Gasteiger partial charge is 0.356 e. The molecule has 1 aromatic carbocycles. The summed E-state index contributed by atoms with van der Waals surface area (Å²) in [5, 5.41) is 9.76. The molecule has 1 fully saturated rings. The van der Waals surface area contributed by atoms with Crippen LogP contribution >= 0.6 is 0 Å². The number of piperidine rings is 1. The summed E-state index contributed by atoms with van der Waals surface area (Å²) in [5.74, 6) is 0.904. The van der Waals surface area contributed by atoms with Crippen LogP contribution in [-0.4, -0.2) is 45.3 Å². The van der Waals surface area contributed by atoms with E-state index in [1.807, 2.05) is 29.9 Å². The summed E-state index contributed by atoms with van der Waals surface area (Å²) in [6.07, 6.45) is 6.81. The third-order valence-corrected chi connectivity index (χ3v) is 6.60. The number of likely N-dealkylation sites (tertiary alicyclic amines) is 1. The minimum atomic E-state index is 0.147. The SMILES string of the molecule is Cn1ncc2c1CCC(CCN1CCC(c3noc4ccccc34)CC1)C2=O. The third-order valence-electron chi connectivity index (χ3n) is 6.60. The van der Waals surface area contributed by atoms with Crippen LogP contribution in [0.25, 0.3) is 11.0 Å². The summed E-state index contributed by atoms with van der Waals surface area (Å²) in [6.45, 7) is 3.12. The molecular formula is C22H26N4O2. The number of aryl methyl sites for hydroxylation is 1. The van der Waals surface area contributed by atoms with Crippen molar-refractivity contribution >= 4 is 16.8 Å². The van der Waals surface area contributed by atoms with Gasteiger partial charge in [0.2, 0.25) is 0 Å².